The molecule has 8 heteroatoms. The van der Waals surface area contributed by atoms with Gasteiger partial charge < -0.3 is 4.74 Å². The molecule has 0 spiro atoms. The second-order valence-corrected chi connectivity index (χ2v) is 4.96. The number of aromatic nitrogens is 5. The van der Waals surface area contributed by atoms with Crippen LogP contribution in [0.4, 0.5) is 0 Å². The van der Waals surface area contributed by atoms with Crippen LogP contribution in [0, 0.1) is 4.77 Å². The van der Waals surface area contributed by atoms with Crippen molar-refractivity contribution in [3.63, 3.8) is 0 Å². The molecular formula is C13H13N5O2S. The highest BCUT2D eigenvalue weighted by Gasteiger charge is 2.11. The summed E-state index contributed by atoms with van der Waals surface area (Å²) in [6.45, 7) is 0. The fraction of sp³-hybridized carbons (Fsp3) is 0.231. The number of H-pyrrole nitrogens is 1. The van der Waals surface area contributed by atoms with Crippen LogP contribution >= 0.6 is 12.2 Å². The van der Waals surface area contributed by atoms with Crippen molar-refractivity contribution >= 4 is 18.0 Å². The van der Waals surface area contributed by atoms with Crippen molar-refractivity contribution in [3.8, 4) is 5.75 Å². The summed E-state index contributed by atoms with van der Waals surface area (Å²) < 4.78 is 8.35. The van der Waals surface area contributed by atoms with Crippen molar-refractivity contribution in [2.75, 3.05) is 7.11 Å². The summed E-state index contributed by atoms with van der Waals surface area (Å²) in [6.07, 6.45) is 0.416. The third-order valence-electron chi connectivity index (χ3n) is 3.24. The summed E-state index contributed by atoms with van der Waals surface area (Å²) in [7, 11) is 3.26. The standard InChI is InChI=1S/C13H13N5O2S/c1-17-11(19)10(16-18-12(17)14-15-13(18)21)7-8-3-5-9(20-2)6-4-8/h3-6H,7H2,1-2H3,(H,15,21). The van der Waals surface area contributed by atoms with Gasteiger partial charge in [-0.05, 0) is 29.9 Å². The molecule has 1 N–H and O–H groups in total. The van der Waals surface area contributed by atoms with E-state index in [0.29, 0.717) is 22.7 Å². The number of benzene rings is 1. The van der Waals surface area contributed by atoms with Gasteiger partial charge in [-0.2, -0.15) is 9.61 Å². The summed E-state index contributed by atoms with van der Waals surface area (Å²) in [4.78, 5) is 12.3. The van der Waals surface area contributed by atoms with Gasteiger partial charge in [0, 0.05) is 13.5 Å². The summed E-state index contributed by atoms with van der Waals surface area (Å²) in [5.74, 6) is 1.16. The molecular weight excluding hydrogens is 290 g/mol. The van der Waals surface area contributed by atoms with E-state index < -0.39 is 0 Å². The number of hydrogen-bond donors (Lipinski definition) is 1. The van der Waals surface area contributed by atoms with Gasteiger partial charge in [0.05, 0.1) is 7.11 Å². The highest BCUT2D eigenvalue weighted by Crippen LogP contribution is 2.13. The van der Waals surface area contributed by atoms with E-state index in [1.54, 1.807) is 14.2 Å². The highest BCUT2D eigenvalue weighted by molar-refractivity contribution is 7.71. The van der Waals surface area contributed by atoms with Gasteiger partial charge in [-0.3, -0.25) is 9.36 Å². The number of nitrogens with one attached hydrogen (secondary N) is 1. The second-order valence-electron chi connectivity index (χ2n) is 4.58. The number of ether oxygens (including phenoxy) is 1. The van der Waals surface area contributed by atoms with E-state index in [-0.39, 0.29) is 5.56 Å². The van der Waals surface area contributed by atoms with Crippen molar-refractivity contribution in [2.24, 2.45) is 7.05 Å². The number of methoxy groups -OCH3 is 1. The van der Waals surface area contributed by atoms with Gasteiger partial charge in [0.15, 0.2) is 0 Å². The molecule has 2 heterocycles. The molecule has 2 aromatic heterocycles. The number of rotatable bonds is 3. The van der Waals surface area contributed by atoms with Crippen LogP contribution in [0.3, 0.4) is 0 Å². The van der Waals surface area contributed by atoms with Crippen molar-refractivity contribution in [1.82, 2.24) is 24.4 Å². The van der Waals surface area contributed by atoms with E-state index in [2.05, 4.69) is 15.3 Å². The van der Waals surface area contributed by atoms with Crippen molar-refractivity contribution in [2.45, 2.75) is 6.42 Å². The molecule has 3 rings (SSSR count). The Morgan fingerprint density at radius 2 is 2.05 bits per heavy atom. The first kappa shape index (κ1) is 13.5. The van der Waals surface area contributed by atoms with E-state index in [1.807, 2.05) is 24.3 Å². The van der Waals surface area contributed by atoms with E-state index in [0.717, 1.165) is 11.3 Å². The van der Waals surface area contributed by atoms with Crippen LogP contribution in [0.25, 0.3) is 5.78 Å². The molecule has 108 valence electrons. The Morgan fingerprint density at radius 3 is 2.71 bits per heavy atom. The minimum absolute atomic E-state index is 0.188. The Kier molecular flexibility index (Phi) is 3.30. The molecule has 0 amide bonds. The Labute approximate surface area is 124 Å². The van der Waals surface area contributed by atoms with E-state index >= 15 is 0 Å². The molecule has 7 nitrogen and oxygen atoms in total. The highest BCUT2D eigenvalue weighted by atomic mass is 32.1. The number of fused-ring (bicyclic) bond motifs is 1. The number of hydrogen-bond acceptors (Lipinski definition) is 5. The second kappa shape index (κ2) is 5.13. The molecule has 0 saturated carbocycles. The maximum absolute atomic E-state index is 12.3. The molecule has 21 heavy (non-hydrogen) atoms. The molecule has 0 aliphatic rings. The average molecular weight is 303 g/mol. The quantitative estimate of drug-likeness (QED) is 0.733. The lowest BCUT2D eigenvalue weighted by Crippen LogP contribution is -2.26. The predicted molar refractivity (Wildman–Crippen MR) is 79.2 cm³/mol. The lowest BCUT2D eigenvalue weighted by atomic mass is 10.1. The summed E-state index contributed by atoms with van der Waals surface area (Å²) in [6, 6.07) is 7.50. The van der Waals surface area contributed by atoms with Gasteiger partial charge in [-0.25, -0.2) is 5.10 Å². The molecule has 0 unspecified atom stereocenters. The molecule has 1 aromatic carbocycles. The van der Waals surface area contributed by atoms with Gasteiger partial charge in [0.25, 0.3) is 11.3 Å². The zero-order valence-electron chi connectivity index (χ0n) is 11.5. The van der Waals surface area contributed by atoms with Crippen LogP contribution in [0.2, 0.25) is 0 Å². The molecule has 0 saturated heterocycles. The fourth-order valence-electron chi connectivity index (χ4n) is 2.09. The molecule has 0 fully saturated rings. The minimum Gasteiger partial charge on any atom is -0.497 e. The lowest BCUT2D eigenvalue weighted by molar-refractivity contribution is 0.414. The SMILES string of the molecule is COc1ccc(Cc2nn3c(=S)[nH]nc3n(C)c2=O)cc1. The van der Waals surface area contributed by atoms with Crippen LogP contribution in [0.15, 0.2) is 29.1 Å². The van der Waals surface area contributed by atoms with Crippen molar-refractivity contribution in [1.29, 1.82) is 0 Å². The summed E-state index contributed by atoms with van der Waals surface area (Å²) >= 11 is 5.10. The van der Waals surface area contributed by atoms with Gasteiger partial charge >= 0.3 is 0 Å². The van der Waals surface area contributed by atoms with Crippen LogP contribution in [0.5, 0.6) is 5.75 Å². The molecule has 0 bridgehead atoms. The first-order valence-corrected chi connectivity index (χ1v) is 6.67. The third kappa shape index (κ3) is 2.33. The smallest absolute Gasteiger partial charge is 0.276 e. The Bertz CT molecular complexity index is 907. The van der Waals surface area contributed by atoms with Gasteiger partial charge in [0.1, 0.15) is 11.4 Å². The first-order chi connectivity index (χ1) is 10.1. The van der Waals surface area contributed by atoms with Crippen molar-refractivity contribution in [3.05, 3.63) is 50.6 Å². The normalized spacial score (nSPS) is 11.0. The summed E-state index contributed by atoms with van der Waals surface area (Å²) in [5.41, 5.74) is 1.19. The Hall–Kier alpha value is -2.48. The number of nitrogens with zero attached hydrogens (tertiary/aromatic N) is 4. The molecule has 0 atom stereocenters. The maximum Gasteiger partial charge on any atom is 0.276 e. The Balaban J connectivity index is 2.07. The predicted octanol–water partition coefficient (Wildman–Crippen LogP) is 1.08. The molecule has 0 aliphatic heterocycles. The van der Waals surface area contributed by atoms with Gasteiger partial charge in [-0.1, -0.05) is 12.1 Å². The number of aryl methyl sites for hydroxylation is 1. The third-order valence-corrected chi connectivity index (χ3v) is 3.50. The number of aromatic amines is 1. The van der Waals surface area contributed by atoms with E-state index in [9.17, 15) is 4.79 Å². The zero-order valence-corrected chi connectivity index (χ0v) is 12.3. The molecule has 0 radical (unpaired) electrons. The monoisotopic (exact) mass is 303 g/mol. The summed E-state index contributed by atoms with van der Waals surface area (Å²) in [5, 5.41) is 10.9. The fourth-order valence-corrected chi connectivity index (χ4v) is 2.25. The Morgan fingerprint density at radius 1 is 1.33 bits per heavy atom. The van der Waals surface area contributed by atoms with Gasteiger partial charge in [-0.15, -0.1) is 5.10 Å². The largest absolute Gasteiger partial charge is 0.497 e. The van der Waals surface area contributed by atoms with Crippen molar-refractivity contribution < 1.29 is 4.74 Å². The van der Waals surface area contributed by atoms with Crippen LogP contribution in [0.1, 0.15) is 11.3 Å². The van der Waals surface area contributed by atoms with Crippen LogP contribution in [-0.4, -0.2) is 31.5 Å². The van der Waals surface area contributed by atoms with E-state index in [1.165, 1.54) is 9.08 Å². The topological polar surface area (TPSA) is 77.2 Å². The molecule has 3 aromatic rings. The van der Waals surface area contributed by atoms with Crippen LogP contribution < -0.4 is 10.3 Å². The minimum atomic E-state index is -0.188. The maximum atomic E-state index is 12.3. The zero-order chi connectivity index (χ0) is 15.0. The van der Waals surface area contributed by atoms with E-state index in [4.69, 9.17) is 17.0 Å². The lowest BCUT2D eigenvalue weighted by Gasteiger charge is -2.05. The van der Waals surface area contributed by atoms with Gasteiger partial charge in [0.2, 0.25) is 4.77 Å². The average Bonchev–Trinajstić information content (AvgIpc) is 2.87. The molecule has 0 aliphatic carbocycles. The van der Waals surface area contributed by atoms with Crippen LogP contribution in [-0.2, 0) is 13.5 Å². The first-order valence-electron chi connectivity index (χ1n) is 6.26.